The van der Waals surface area contributed by atoms with Gasteiger partial charge in [0, 0.05) is 23.9 Å². The Kier molecular flexibility index (Phi) is 6.58. The van der Waals surface area contributed by atoms with Crippen molar-refractivity contribution in [2.24, 2.45) is 0 Å². The van der Waals surface area contributed by atoms with Gasteiger partial charge in [-0.15, -0.1) is 11.3 Å². The summed E-state index contributed by atoms with van der Waals surface area (Å²) in [5.41, 5.74) is 3.00. The minimum Gasteiger partial charge on any atom is -0.454 e. The number of aryl methyl sites for hydroxylation is 1. The fraction of sp³-hybridized carbons (Fsp3) is 0.435. The molecule has 0 spiro atoms. The minimum absolute atomic E-state index is 0.00975. The van der Waals surface area contributed by atoms with E-state index in [0.717, 1.165) is 41.7 Å². The Morgan fingerprint density at radius 2 is 1.91 bits per heavy atom. The van der Waals surface area contributed by atoms with Crippen LogP contribution in [0.5, 0.6) is 0 Å². The molecule has 10 heteroatoms. The van der Waals surface area contributed by atoms with E-state index in [-0.39, 0.29) is 17.4 Å². The number of fused-ring (bicyclic) bond motifs is 2. The molecule has 0 radical (unpaired) electrons. The third kappa shape index (κ3) is 4.67. The Labute approximate surface area is 197 Å². The number of Topliss-reactive ketones (excluding diaryl/α,β-unsaturated/α-hetero) is 1. The molecule has 8 nitrogen and oxygen atoms in total. The highest BCUT2D eigenvalue weighted by Gasteiger charge is 2.30. The number of carbonyl (C=O) groups is 3. The van der Waals surface area contributed by atoms with Crippen LogP contribution in [0.1, 0.15) is 63.4 Å². The molecule has 2 aromatic rings. The summed E-state index contributed by atoms with van der Waals surface area (Å²) in [6, 6.07) is 4.87. The predicted octanol–water partition coefficient (Wildman–Crippen LogP) is 3.34. The van der Waals surface area contributed by atoms with Crippen LogP contribution in [-0.4, -0.2) is 45.0 Å². The van der Waals surface area contributed by atoms with E-state index in [2.05, 4.69) is 5.32 Å². The van der Waals surface area contributed by atoms with Crippen LogP contribution in [0, 0.1) is 0 Å². The van der Waals surface area contributed by atoms with Crippen molar-refractivity contribution in [3.8, 4) is 0 Å². The molecule has 2 aliphatic rings. The molecule has 1 aromatic carbocycles. The van der Waals surface area contributed by atoms with E-state index in [0.29, 0.717) is 34.8 Å². The molecule has 0 saturated carbocycles. The van der Waals surface area contributed by atoms with Gasteiger partial charge < -0.3 is 10.1 Å². The first-order valence-electron chi connectivity index (χ1n) is 11.0. The monoisotopic (exact) mass is 490 g/mol. The van der Waals surface area contributed by atoms with Crippen molar-refractivity contribution < 1.29 is 27.5 Å². The van der Waals surface area contributed by atoms with Crippen LogP contribution in [0.15, 0.2) is 18.2 Å². The fourth-order valence-electron chi connectivity index (χ4n) is 4.31. The fourth-order valence-corrected chi connectivity index (χ4v) is 6.79. The van der Waals surface area contributed by atoms with Crippen LogP contribution in [0.25, 0.3) is 0 Å². The first-order valence-corrected chi connectivity index (χ1v) is 13.4. The number of amides is 1. The lowest BCUT2D eigenvalue weighted by atomic mass is 9.95. The van der Waals surface area contributed by atoms with Gasteiger partial charge in [-0.05, 0) is 68.4 Å². The zero-order chi connectivity index (χ0) is 23.8. The molecule has 0 atom stereocenters. The summed E-state index contributed by atoms with van der Waals surface area (Å²) in [5.74, 6) is -1.24. The van der Waals surface area contributed by atoms with Crippen LogP contribution in [-0.2, 0) is 38.8 Å². The van der Waals surface area contributed by atoms with Crippen molar-refractivity contribution in [3.63, 3.8) is 0 Å². The number of nitrogens with one attached hydrogen (secondary N) is 1. The minimum atomic E-state index is -3.36. The second-order valence-electron chi connectivity index (χ2n) is 8.16. The van der Waals surface area contributed by atoms with Gasteiger partial charge in [-0.25, -0.2) is 13.2 Å². The normalized spacial score (nSPS) is 15.0. The summed E-state index contributed by atoms with van der Waals surface area (Å²) in [4.78, 5) is 38.3. The molecule has 33 heavy (non-hydrogen) atoms. The van der Waals surface area contributed by atoms with Gasteiger partial charge in [-0.1, -0.05) is 0 Å². The second-order valence-corrected chi connectivity index (χ2v) is 11.4. The van der Waals surface area contributed by atoms with E-state index in [1.165, 1.54) is 22.6 Å². The molecule has 4 rings (SSSR count). The zero-order valence-electron chi connectivity index (χ0n) is 18.6. The van der Waals surface area contributed by atoms with Gasteiger partial charge in [-0.3, -0.25) is 13.9 Å². The number of ether oxygens (including phenoxy) is 1. The third-order valence-electron chi connectivity index (χ3n) is 5.95. The highest BCUT2D eigenvalue weighted by molar-refractivity contribution is 7.92. The van der Waals surface area contributed by atoms with E-state index in [1.807, 2.05) is 0 Å². The maximum absolute atomic E-state index is 12.9. The lowest BCUT2D eigenvalue weighted by Gasteiger charge is -2.18. The van der Waals surface area contributed by atoms with E-state index in [9.17, 15) is 22.8 Å². The first kappa shape index (κ1) is 23.4. The summed E-state index contributed by atoms with van der Waals surface area (Å²) < 4.78 is 31.2. The van der Waals surface area contributed by atoms with Gasteiger partial charge in [0.15, 0.2) is 12.4 Å². The second kappa shape index (κ2) is 9.26. The first-order chi connectivity index (χ1) is 15.7. The molecule has 176 valence electrons. The summed E-state index contributed by atoms with van der Waals surface area (Å²) in [6.45, 7) is 2.91. The van der Waals surface area contributed by atoms with E-state index in [4.69, 9.17) is 4.74 Å². The number of carbonyl (C=O) groups excluding carboxylic acids is 3. The van der Waals surface area contributed by atoms with Gasteiger partial charge in [0.1, 0.15) is 5.00 Å². The highest BCUT2D eigenvalue weighted by atomic mass is 32.2. The number of esters is 1. The largest absolute Gasteiger partial charge is 0.454 e. The van der Waals surface area contributed by atoms with E-state index in [1.54, 1.807) is 25.1 Å². The Morgan fingerprint density at radius 3 is 2.64 bits per heavy atom. The van der Waals surface area contributed by atoms with Gasteiger partial charge >= 0.3 is 5.97 Å². The smallest absolute Gasteiger partial charge is 0.341 e. The standard InChI is InChI=1S/C23H26N2O6S2/c1-3-33(29,30)25-11-10-15-12-16(8-9-18(15)25)19(27)13-31-23(28)21-17-6-4-5-7-20(17)32-22(21)24-14(2)26/h8-9,12H,3-7,10-11,13H2,1-2H3,(H,24,26). The number of ketones is 1. The summed E-state index contributed by atoms with van der Waals surface area (Å²) >= 11 is 1.40. The van der Waals surface area contributed by atoms with Crippen LogP contribution in [0.2, 0.25) is 0 Å². The number of nitrogens with zero attached hydrogens (tertiary/aromatic N) is 1. The number of rotatable bonds is 7. The number of hydrogen-bond acceptors (Lipinski definition) is 7. The SMILES string of the molecule is CCS(=O)(=O)N1CCc2cc(C(=O)COC(=O)c3c(NC(C)=O)sc4c3CCCC4)ccc21. The maximum Gasteiger partial charge on any atom is 0.341 e. The summed E-state index contributed by atoms with van der Waals surface area (Å²) in [6.07, 6.45) is 4.12. The lowest BCUT2D eigenvalue weighted by molar-refractivity contribution is -0.114. The Hall–Kier alpha value is -2.72. The molecule has 2 heterocycles. The van der Waals surface area contributed by atoms with Gasteiger partial charge in [0.2, 0.25) is 15.9 Å². The maximum atomic E-state index is 12.9. The van der Waals surface area contributed by atoms with E-state index >= 15 is 0 Å². The molecular weight excluding hydrogens is 464 g/mol. The van der Waals surface area contributed by atoms with Crippen LogP contribution in [0.4, 0.5) is 10.7 Å². The molecule has 0 saturated heterocycles. The molecule has 0 fully saturated rings. The average molecular weight is 491 g/mol. The predicted molar refractivity (Wildman–Crippen MR) is 127 cm³/mol. The van der Waals surface area contributed by atoms with Gasteiger partial charge in [-0.2, -0.15) is 0 Å². The highest BCUT2D eigenvalue weighted by Crippen LogP contribution is 2.38. The average Bonchev–Trinajstić information content (AvgIpc) is 3.37. The van der Waals surface area contributed by atoms with Gasteiger partial charge in [0.25, 0.3) is 0 Å². The number of anilines is 2. The molecule has 1 aliphatic carbocycles. The molecular formula is C23H26N2O6S2. The van der Waals surface area contributed by atoms with Crippen molar-refractivity contribution in [2.75, 3.05) is 28.5 Å². The van der Waals surface area contributed by atoms with Crippen molar-refractivity contribution in [2.45, 2.75) is 46.0 Å². The number of hydrogen-bond donors (Lipinski definition) is 1. The Balaban J connectivity index is 1.49. The Bertz CT molecular complexity index is 1230. The molecule has 1 aromatic heterocycles. The van der Waals surface area contributed by atoms with Gasteiger partial charge in [0.05, 0.1) is 17.0 Å². The summed E-state index contributed by atoms with van der Waals surface area (Å²) in [7, 11) is -3.36. The lowest BCUT2D eigenvalue weighted by Crippen LogP contribution is -2.30. The molecule has 1 N–H and O–H groups in total. The number of sulfonamides is 1. The Morgan fingerprint density at radius 1 is 1.15 bits per heavy atom. The summed E-state index contributed by atoms with van der Waals surface area (Å²) in [5, 5.41) is 3.19. The van der Waals surface area contributed by atoms with Crippen LogP contribution in [0.3, 0.4) is 0 Å². The number of thiophene rings is 1. The molecule has 0 bridgehead atoms. The van der Waals surface area contributed by atoms with Crippen molar-refractivity contribution >= 4 is 49.7 Å². The van der Waals surface area contributed by atoms with Crippen LogP contribution < -0.4 is 9.62 Å². The molecule has 1 amide bonds. The number of benzene rings is 1. The molecule has 0 unspecified atom stereocenters. The van der Waals surface area contributed by atoms with Crippen molar-refractivity contribution in [1.29, 1.82) is 0 Å². The topological polar surface area (TPSA) is 110 Å². The van der Waals surface area contributed by atoms with Crippen molar-refractivity contribution in [3.05, 3.63) is 45.3 Å². The quantitative estimate of drug-likeness (QED) is 0.471. The molecule has 1 aliphatic heterocycles. The van der Waals surface area contributed by atoms with Crippen LogP contribution >= 0.6 is 11.3 Å². The zero-order valence-corrected chi connectivity index (χ0v) is 20.2. The van der Waals surface area contributed by atoms with Crippen molar-refractivity contribution in [1.82, 2.24) is 0 Å². The third-order valence-corrected chi connectivity index (χ3v) is 8.94. The van der Waals surface area contributed by atoms with E-state index < -0.39 is 22.6 Å².